The molecular formula is C27H44N2O6. The summed E-state index contributed by atoms with van der Waals surface area (Å²) in [7, 11) is 0. The normalized spacial score (nSPS) is 32.1. The molecule has 8 heteroatoms. The summed E-state index contributed by atoms with van der Waals surface area (Å²) in [5, 5.41) is 9.52. The van der Waals surface area contributed by atoms with Gasteiger partial charge in [-0.1, -0.05) is 26.8 Å². The van der Waals surface area contributed by atoms with Gasteiger partial charge in [0.05, 0.1) is 18.1 Å². The predicted octanol–water partition coefficient (Wildman–Crippen LogP) is 2.93. The van der Waals surface area contributed by atoms with Crippen molar-refractivity contribution in [3.05, 3.63) is 12.7 Å². The highest BCUT2D eigenvalue weighted by Crippen LogP contribution is 2.63. The Kier molecular flexibility index (Phi) is 7.51. The smallest absolute Gasteiger partial charge is 0.312 e. The van der Waals surface area contributed by atoms with Crippen LogP contribution in [0.3, 0.4) is 0 Å². The molecule has 5 atom stereocenters. The molecule has 3 aliphatic heterocycles. The number of hydrogen-bond acceptors (Lipinski definition) is 6. The van der Waals surface area contributed by atoms with Crippen molar-refractivity contribution < 1.29 is 29.0 Å². The van der Waals surface area contributed by atoms with Gasteiger partial charge in [0.15, 0.2) is 0 Å². The number of ether oxygens (including phenoxy) is 2. The molecular weight excluding hydrogens is 448 g/mol. The quantitative estimate of drug-likeness (QED) is 0.372. The highest BCUT2D eigenvalue weighted by atomic mass is 16.6. The Hall–Kier alpha value is -1.93. The lowest BCUT2D eigenvalue weighted by molar-refractivity contribution is -0.161. The van der Waals surface area contributed by atoms with Crippen molar-refractivity contribution in [1.29, 1.82) is 0 Å². The van der Waals surface area contributed by atoms with Crippen LogP contribution in [0.15, 0.2) is 12.7 Å². The molecule has 3 heterocycles. The number of nitrogens with zero attached hydrogens (tertiary/aromatic N) is 2. The number of aliphatic hydroxyl groups excluding tert-OH is 1. The first kappa shape index (κ1) is 27.7. The van der Waals surface area contributed by atoms with Crippen LogP contribution in [-0.4, -0.2) is 81.8 Å². The van der Waals surface area contributed by atoms with Gasteiger partial charge in [0.1, 0.15) is 17.6 Å². The van der Waals surface area contributed by atoms with Crippen molar-refractivity contribution in [2.45, 2.75) is 96.9 Å². The van der Waals surface area contributed by atoms with Crippen molar-refractivity contribution in [3.63, 3.8) is 0 Å². The Morgan fingerprint density at radius 2 is 1.94 bits per heavy atom. The lowest BCUT2D eigenvalue weighted by Crippen LogP contribution is -2.61. The molecule has 35 heavy (non-hydrogen) atoms. The summed E-state index contributed by atoms with van der Waals surface area (Å²) < 4.78 is 12.0. The van der Waals surface area contributed by atoms with E-state index < -0.39 is 40.6 Å². The Bertz CT molecular complexity index is 864. The van der Waals surface area contributed by atoms with Gasteiger partial charge in [-0.05, 0) is 58.8 Å². The molecule has 3 saturated heterocycles. The molecule has 2 unspecified atom stereocenters. The largest absolute Gasteiger partial charge is 0.466 e. The van der Waals surface area contributed by atoms with Crippen molar-refractivity contribution in [2.24, 2.45) is 17.3 Å². The minimum Gasteiger partial charge on any atom is -0.466 e. The van der Waals surface area contributed by atoms with Gasteiger partial charge in [0.2, 0.25) is 11.8 Å². The monoisotopic (exact) mass is 492 g/mol. The molecule has 0 radical (unpaired) electrons. The summed E-state index contributed by atoms with van der Waals surface area (Å²) in [6, 6.07) is -0.869. The highest BCUT2D eigenvalue weighted by molar-refractivity contribution is 5.98. The zero-order valence-electron chi connectivity index (χ0n) is 22.6. The van der Waals surface area contributed by atoms with Crippen LogP contribution < -0.4 is 0 Å². The maximum absolute atomic E-state index is 14.4. The van der Waals surface area contributed by atoms with Gasteiger partial charge in [-0.25, -0.2) is 0 Å². The number of carbonyl (C=O) groups is 3. The standard InChI is InChI=1S/C27H44N2O6/c1-9-14-29(25(6,7)17-24(3,4)5)22(32)20-27-13-12-26(8,35-27)19(23(33)34-10-2)18(27)21(31)28(20)15-11-16-30/h9,18-20,30H,1,10-17H2,2-8H3/t18-,19-,20?,26+,27?/m0/s1. The Balaban J connectivity index is 2.09. The summed E-state index contributed by atoms with van der Waals surface area (Å²) in [5.74, 6) is -2.42. The first-order valence-electron chi connectivity index (χ1n) is 12.9. The van der Waals surface area contributed by atoms with Crippen LogP contribution in [-0.2, 0) is 23.9 Å². The molecule has 1 spiro atoms. The molecule has 3 rings (SSSR count). The average Bonchev–Trinajstić information content (AvgIpc) is 3.29. The molecule has 2 amide bonds. The van der Waals surface area contributed by atoms with Crippen LogP contribution in [0.1, 0.15) is 74.1 Å². The number of hydrogen-bond donors (Lipinski definition) is 1. The lowest BCUT2D eigenvalue weighted by atomic mass is 9.66. The number of rotatable bonds is 10. The minimum atomic E-state index is -1.09. The fraction of sp³-hybridized carbons (Fsp3) is 0.815. The van der Waals surface area contributed by atoms with Crippen molar-refractivity contribution in [1.82, 2.24) is 9.80 Å². The van der Waals surface area contributed by atoms with Crippen molar-refractivity contribution in [3.8, 4) is 0 Å². The molecule has 3 fully saturated rings. The summed E-state index contributed by atoms with van der Waals surface area (Å²) in [5.41, 5.74) is -2.48. The first-order valence-corrected chi connectivity index (χ1v) is 12.9. The topological polar surface area (TPSA) is 96.4 Å². The van der Waals surface area contributed by atoms with E-state index in [1.165, 1.54) is 0 Å². The van der Waals surface area contributed by atoms with E-state index in [-0.39, 0.29) is 37.0 Å². The fourth-order valence-electron chi connectivity index (χ4n) is 7.08. The molecule has 0 aromatic heterocycles. The second kappa shape index (κ2) is 9.51. The molecule has 3 aliphatic rings. The van der Waals surface area contributed by atoms with E-state index in [9.17, 15) is 19.5 Å². The Morgan fingerprint density at radius 1 is 1.29 bits per heavy atom. The summed E-state index contributed by atoms with van der Waals surface area (Å²) in [4.78, 5) is 44.7. The number of likely N-dealkylation sites (tertiary alicyclic amines) is 1. The number of fused-ring (bicyclic) bond motifs is 1. The van der Waals surface area contributed by atoms with Crippen LogP contribution in [0.4, 0.5) is 0 Å². The third-order valence-corrected chi connectivity index (χ3v) is 7.88. The lowest BCUT2D eigenvalue weighted by Gasteiger charge is -2.45. The summed E-state index contributed by atoms with van der Waals surface area (Å²) in [6.45, 7) is 18.6. The molecule has 0 saturated carbocycles. The van der Waals surface area contributed by atoms with E-state index in [2.05, 4.69) is 27.4 Å². The van der Waals surface area contributed by atoms with E-state index >= 15 is 0 Å². The first-order chi connectivity index (χ1) is 16.2. The molecule has 0 aliphatic carbocycles. The van der Waals surface area contributed by atoms with E-state index in [0.717, 1.165) is 6.42 Å². The van der Waals surface area contributed by atoms with Gasteiger partial charge in [0, 0.05) is 25.2 Å². The second-order valence-electron chi connectivity index (χ2n) is 12.4. The second-order valence-corrected chi connectivity index (χ2v) is 12.4. The van der Waals surface area contributed by atoms with Crippen LogP contribution in [0.2, 0.25) is 0 Å². The van der Waals surface area contributed by atoms with E-state index in [1.54, 1.807) is 17.9 Å². The van der Waals surface area contributed by atoms with Gasteiger partial charge in [-0.2, -0.15) is 0 Å². The maximum Gasteiger partial charge on any atom is 0.312 e. The number of amides is 2. The third kappa shape index (κ3) is 4.64. The van der Waals surface area contributed by atoms with Crippen LogP contribution >= 0.6 is 0 Å². The SMILES string of the molecule is C=CCN(C(=O)C1N(CCCO)C(=O)[C@@H]2[C@@H](C(=O)OCC)[C@@]3(C)CCC12O3)C(C)(C)CC(C)(C)C. The number of aliphatic hydroxyl groups is 1. The summed E-state index contributed by atoms with van der Waals surface area (Å²) >= 11 is 0. The van der Waals surface area contributed by atoms with E-state index in [4.69, 9.17) is 9.47 Å². The molecule has 1 N–H and O–H groups in total. The van der Waals surface area contributed by atoms with Gasteiger partial charge in [-0.3, -0.25) is 14.4 Å². The van der Waals surface area contributed by atoms with Crippen molar-refractivity contribution >= 4 is 17.8 Å². The van der Waals surface area contributed by atoms with E-state index in [1.807, 2.05) is 25.7 Å². The molecule has 0 aromatic rings. The summed E-state index contributed by atoms with van der Waals surface area (Å²) in [6.07, 6.45) is 3.89. The highest BCUT2D eigenvalue weighted by Gasteiger charge is 2.78. The average molecular weight is 493 g/mol. The minimum absolute atomic E-state index is 0.0309. The molecule has 2 bridgehead atoms. The zero-order chi connectivity index (χ0) is 26.4. The third-order valence-electron chi connectivity index (χ3n) is 7.88. The van der Waals surface area contributed by atoms with Crippen LogP contribution in [0.5, 0.6) is 0 Å². The Labute approximate surface area is 210 Å². The zero-order valence-corrected chi connectivity index (χ0v) is 22.6. The van der Waals surface area contributed by atoms with Gasteiger partial charge in [0.25, 0.3) is 0 Å². The fourth-order valence-corrected chi connectivity index (χ4v) is 7.08. The van der Waals surface area contributed by atoms with Gasteiger partial charge in [-0.15, -0.1) is 6.58 Å². The van der Waals surface area contributed by atoms with E-state index in [0.29, 0.717) is 25.8 Å². The van der Waals surface area contributed by atoms with Crippen molar-refractivity contribution in [2.75, 3.05) is 26.3 Å². The predicted molar refractivity (Wildman–Crippen MR) is 132 cm³/mol. The van der Waals surface area contributed by atoms with Gasteiger partial charge >= 0.3 is 5.97 Å². The molecule has 198 valence electrons. The van der Waals surface area contributed by atoms with Crippen LogP contribution in [0, 0.1) is 17.3 Å². The number of esters is 1. The maximum atomic E-state index is 14.4. The molecule has 0 aromatic carbocycles. The van der Waals surface area contributed by atoms with Crippen LogP contribution in [0.25, 0.3) is 0 Å². The number of carbonyl (C=O) groups excluding carboxylic acids is 3. The molecule has 8 nitrogen and oxygen atoms in total. The Morgan fingerprint density at radius 3 is 2.49 bits per heavy atom. The van der Waals surface area contributed by atoms with Gasteiger partial charge < -0.3 is 24.4 Å².